The van der Waals surface area contributed by atoms with Crippen molar-refractivity contribution in [3.63, 3.8) is 0 Å². The first-order valence-corrected chi connectivity index (χ1v) is 5.20. The number of methoxy groups -OCH3 is 1. The highest BCUT2D eigenvalue weighted by atomic mass is 16.8. The zero-order chi connectivity index (χ0) is 11.9. The molecule has 0 spiro atoms. The Morgan fingerprint density at radius 1 is 1.38 bits per heavy atom. The summed E-state index contributed by atoms with van der Waals surface area (Å²) in [5.41, 5.74) is 0. The molecule has 2 aliphatic heterocycles. The number of rotatable bonds is 2. The Balaban J connectivity index is 2.26. The monoisotopic (exact) mass is 228 g/mol. The first-order valence-electron chi connectivity index (χ1n) is 5.20. The van der Waals surface area contributed by atoms with Crippen LogP contribution < -0.4 is 0 Å². The van der Waals surface area contributed by atoms with Crippen LogP contribution in [0.25, 0.3) is 0 Å². The number of fused-ring (bicyclic) bond motifs is 1. The normalized spacial score (nSPS) is 41.3. The van der Waals surface area contributed by atoms with Crippen LogP contribution in [-0.2, 0) is 23.7 Å². The van der Waals surface area contributed by atoms with E-state index in [0.29, 0.717) is 0 Å². The van der Waals surface area contributed by atoms with Gasteiger partial charge in [0, 0.05) is 7.11 Å². The quantitative estimate of drug-likeness (QED) is 0.512. The molecule has 0 N–H and O–H groups in total. The number of carbonyl (C=O) groups excluding carboxylic acids is 1. The largest absolute Gasteiger partial charge is 0.453 e. The van der Waals surface area contributed by atoms with Gasteiger partial charge in [-0.1, -0.05) is 6.58 Å². The van der Waals surface area contributed by atoms with Gasteiger partial charge in [-0.25, -0.2) is 4.79 Å². The molecule has 0 aromatic carbocycles. The van der Waals surface area contributed by atoms with Crippen molar-refractivity contribution in [1.82, 2.24) is 0 Å². The van der Waals surface area contributed by atoms with E-state index in [1.165, 1.54) is 7.11 Å². The summed E-state index contributed by atoms with van der Waals surface area (Å²) < 4.78 is 21.6. The van der Waals surface area contributed by atoms with Crippen LogP contribution in [-0.4, -0.2) is 43.3 Å². The number of cyclic esters (lactones) is 1. The van der Waals surface area contributed by atoms with Crippen LogP contribution in [0.4, 0.5) is 0 Å². The number of carbonyl (C=O) groups is 1. The van der Waals surface area contributed by atoms with Gasteiger partial charge in [-0.3, -0.25) is 0 Å². The molecule has 0 aliphatic carbocycles. The number of esters is 1. The minimum atomic E-state index is -0.735. The third-order valence-electron chi connectivity index (χ3n) is 2.76. The second kappa shape index (κ2) is 3.84. The average molecular weight is 228 g/mol. The lowest BCUT2D eigenvalue weighted by atomic mass is 10.00. The molecule has 0 bridgehead atoms. The van der Waals surface area contributed by atoms with Gasteiger partial charge in [0.2, 0.25) is 0 Å². The first kappa shape index (κ1) is 11.6. The van der Waals surface area contributed by atoms with E-state index in [2.05, 4.69) is 6.58 Å². The standard InChI is InChI=1S/C11H16O5/c1-5-6-7-8(16-11(2,3)15-7)9(13-4)10(12)14-6/h5-9H,1H2,2-4H3/t6-,7+,8+,9-/m1/s1. The highest BCUT2D eigenvalue weighted by molar-refractivity contribution is 5.77. The molecule has 0 radical (unpaired) electrons. The summed E-state index contributed by atoms with van der Waals surface area (Å²) >= 11 is 0. The van der Waals surface area contributed by atoms with Crippen molar-refractivity contribution in [2.24, 2.45) is 0 Å². The Morgan fingerprint density at radius 2 is 2.00 bits per heavy atom. The molecule has 4 atom stereocenters. The summed E-state index contributed by atoms with van der Waals surface area (Å²) in [6.45, 7) is 7.21. The molecule has 0 unspecified atom stereocenters. The van der Waals surface area contributed by atoms with Crippen LogP contribution in [0.15, 0.2) is 12.7 Å². The molecule has 0 amide bonds. The fraction of sp³-hybridized carbons (Fsp3) is 0.727. The molecular formula is C11H16O5. The molecule has 90 valence electrons. The van der Waals surface area contributed by atoms with Gasteiger partial charge < -0.3 is 18.9 Å². The van der Waals surface area contributed by atoms with Crippen LogP contribution in [0.5, 0.6) is 0 Å². The van der Waals surface area contributed by atoms with E-state index in [4.69, 9.17) is 18.9 Å². The molecular weight excluding hydrogens is 212 g/mol. The Morgan fingerprint density at radius 3 is 2.56 bits per heavy atom. The van der Waals surface area contributed by atoms with E-state index in [0.717, 1.165) is 0 Å². The van der Waals surface area contributed by atoms with Crippen molar-refractivity contribution in [3.8, 4) is 0 Å². The van der Waals surface area contributed by atoms with Gasteiger partial charge in [0.05, 0.1) is 0 Å². The minimum Gasteiger partial charge on any atom is -0.453 e. The molecule has 2 heterocycles. The third-order valence-corrected chi connectivity index (χ3v) is 2.76. The first-order chi connectivity index (χ1) is 7.48. The van der Waals surface area contributed by atoms with E-state index < -0.39 is 30.1 Å². The van der Waals surface area contributed by atoms with Crippen LogP contribution in [0.2, 0.25) is 0 Å². The van der Waals surface area contributed by atoms with Crippen LogP contribution in [0, 0.1) is 0 Å². The van der Waals surface area contributed by atoms with Gasteiger partial charge in [-0.15, -0.1) is 0 Å². The maximum atomic E-state index is 11.6. The SMILES string of the molecule is C=C[C@H]1OC(=O)[C@H](OC)[C@H]2OC(C)(C)O[C@H]21. The topological polar surface area (TPSA) is 54.0 Å². The fourth-order valence-electron chi connectivity index (χ4n) is 2.12. The molecule has 0 aromatic heterocycles. The molecule has 0 saturated carbocycles. The lowest BCUT2D eigenvalue weighted by Crippen LogP contribution is -2.54. The second-order valence-corrected chi connectivity index (χ2v) is 4.36. The molecule has 2 rings (SSSR count). The van der Waals surface area contributed by atoms with Crippen molar-refractivity contribution in [3.05, 3.63) is 12.7 Å². The number of hydrogen-bond donors (Lipinski definition) is 0. The van der Waals surface area contributed by atoms with Crippen LogP contribution >= 0.6 is 0 Å². The van der Waals surface area contributed by atoms with Gasteiger partial charge in [0.1, 0.15) is 18.3 Å². The molecule has 5 heteroatoms. The maximum Gasteiger partial charge on any atom is 0.338 e. The average Bonchev–Trinajstić information content (AvgIpc) is 2.52. The molecule has 0 aromatic rings. The summed E-state index contributed by atoms with van der Waals surface area (Å²) in [6.07, 6.45) is -0.459. The lowest BCUT2D eigenvalue weighted by molar-refractivity contribution is -0.184. The lowest BCUT2D eigenvalue weighted by Gasteiger charge is -2.33. The molecule has 5 nitrogen and oxygen atoms in total. The Labute approximate surface area is 94.3 Å². The van der Waals surface area contributed by atoms with Gasteiger partial charge in [0.25, 0.3) is 0 Å². The predicted molar refractivity (Wildman–Crippen MR) is 54.7 cm³/mol. The predicted octanol–water partition coefficient (Wildman–Crippen LogP) is 0.633. The van der Waals surface area contributed by atoms with Crippen molar-refractivity contribution < 1.29 is 23.7 Å². The van der Waals surface area contributed by atoms with Crippen molar-refractivity contribution in [2.45, 2.75) is 44.1 Å². The van der Waals surface area contributed by atoms with Crippen molar-refractivity contribution in [1.29, 1.82) is 0 Å². The van der Waals surface area contributed by atoms with E-state index in [1.807, 2.05) is 0 Å². The highest BCUT2D eigenvalue weighted by Gasteiger charge is 2.55. The van der Waals surface area contributed by atoms with E-state index in [-0.39, 0.29) is 6.10 Å². The zero-order valence-electron chi connectivity index (χ0n) is 9.64. The smallest absolute Gasteiger partial charge is 0.338 e. The zero-order valence-corrected chi connectivity index (χ0v) is 9.64. The summed E-state index contributed by atoms with van der Waals surface area (Å²) in [5.74, 6) is -1.17. The summed E-state index contributed by atoms with van der Waals surface area (Å²) in [5, 5.41) is 0. The summed E-state index contributed by atoms with van der Waals surface area (Å²) in [7, 11) is 1.45. The van der Waals surface area contributed by atoms with Crippen molar-refractivity contribution in [2.75, 3.05) is 7.11 Å². The Kier molecular flexibility index (Phi) is 2.77. The molecule has 16 heavy (non-hydrogen) atoms. The maximum absolute atomic E-state index is 11.6. The van der Waals surface area contributed by atoms with Gasteiger partial charge in [-0.05, 0) is 19.9 Å². The van der Waals surface area contributed by atoms with Gasteiger partial charge in [-0.2, -0.15) is 0 Å². The van der Waals surface area contributed by atoms with Gasteiger partial charge in [0.15, 0.2) is 11.9 Å². The summed E-state index contributed by atoms with van der Waals surface area (Å²) in [4.78, 5) is 11.6. The van der Waals surface area contributed by atoms with Crippen LogP contribution in [0.3, 0.4) is 0 Å². The molecule has 2 aliphatic rings. The number of ether oxygens (including phenoxy) is 4. The second-order valence-electron chi connectivity index (χ2n) is 4.36. The van der Waals surface area contributed by atoms with Crippen molar-refractivity contribution >= 4 is 5.97 Å². The highest BCUT2D eigenvalue weighted by Crippen LogP contribution is 2.36. The molecule has 2 fully saturated rings. The van der Waals surface area contributed by atoms with Crippen LogP contribution in [0.1, 0.15) is 13.8 Å². The summed E-state index contributed by atoms with van der Waals surface area (Å²) in [6, 6.07) is 0. The van der Waals surface area contributed by atoms with Gasteiger partial charge >= 0.3 is 5.97 Å². The third kappa shape index (κ3) is 1.75. The molecule has 2 saturated heterocycles. The van der Waals surface area contributed by atoms with E-state index in [9.17, 15) is 4.79 Å². The van der Waals surface area contributed by atoms with E-state index >= 15 is 0 Å². The Bertz CT molecular complexity index is 311. The minimum absolute atomic E-state index is 0.352. The number of hydrogen-bond acceptors (Lipinski definition) is 5. The van der Waals surface area contributed by atoms with E-state index in [1.54, 1.807) is 19.9 Å². The fourth-order valence-corrected chi connectivity index (χ4v) is 2.12. The Hall–Kier alpha value is -0.910.